The number of hydrogen-bond donors (Lipinski definition) is 2. The zero-order chi connectivity index (χ0) is 18.7. The summed E-state index contributed by atoms with van der Waals surface area (Å²) in [6, 6.07) is 14.5. The molecule has 2 N–H and O–H groups in total. The topological polar surface area (TPSA) is 59.2 Å². The molecule has 0 atom stereocenters. The zero-order valence-corrected chi connectivity index (χ0v) is 15.9. The Labute approximate surface area is 161 Å². The van der Waals surface area contributed by atoms with Gasteiger partial charge in [0, 0.05) is 63.9 Å². The Morgan fingerprint density at radius 2 is 1.85 bits per heavy atom. The number of nitrogens with zero attached hydrogens (tertiary/aromatic N) is 4. The Kier molecular flexibility index (Phi) is 7.09. The molecule has 0 radical (unpaired) electrons. The highest BCUT2D eigenvalue weighted by molar-refractivity contribution is 5.79. The Morgan fingerprint density at radius 1 is 1.04 bits per heavy atom. The molecule has 0 saturated carbocycles. The van der Waals surface area contributed by atoms with Crippen molar-refractivity contribution in [1.82, 2.24) is 24.8 Å². The van der Waals surface area contributed by atoms with E-state index in [1.54, 1.807) is 0 Å². The Bertz CT molecular complexity index is 804. The number of guanidine groups is 1. The number of rotatable bonds is 9. The lowest BCUT2D eigenvalue weighted by atomic mass is 10.2. The fraction of sp³-hybridized carbons (Fsp3) is 0.333. The van der Waals surface area contributed by atoms with Gasteiger partial charge in [-0.1, -0.05) is 30.3 Å². The maximum absolute atomic E-state index is 4.69. The summed E-state index contributed by atoms with van der Waals surface area (Å²) in [5.74, 6) is 1.91. The molecule has 3 aromatic rings. The largest absolute Gasteiger partial charge is 0.357 e. The minimum atomic E-state index is 0.699. The molecule has 142 valence electrons. The van der Waals surface area contributed by atoms with Gasteiger partial charge in [0.25, 0.3) is 0 Å². The van der Waals surface area contributed by atoms with Crippen molar-refractivity contribution >= 4 is 5.96 Å². The number of imidazole rings is 1. The van der Waals surface area contributed by atoms with Crippen LogP contribution in [0.25, 0.3) is 0 Å². The van der Waals surface area contributed by atoms with Crippen molar-refractivity contribution in [2.24, 2.45) is 4.99 Å². The zero-order valence-electron chi connectivity index (χ0n) is 15.9. The lowest BCUT2D eigenvalue weighted by Gasteiger charge is -2.12. The maximum Gasteiger partial charge on any atom is 0.191 e. The molecule has 0 aliphatic carbocycles. The third-order valence-electron chi connectivity index (χ3n) is 4.28. The summed E-state index contributed by atoms with van der Waals surface area (Å²) in [6.07, 6.45) is 8.85. The summed E-state index contributed by atoms with van der Waals surface area (Å²) >= 11 is 0. The second-order valence-corrected chi connectivity index (χ2v) is 6.32. The van der Waals surface area contributed by atoms with Gasteiger partial charge in [-0.05, 0) is 24.6 Å². The van der Waals surface area contributed by atoms with Crippen LogP contribution in [0, 0.1) is 0 Å². The molecule has 0 fully saturated rings. The second-order valence-electron chi connectivity index (χ2n) is 6.32. The monoisotopic (exact) mass is 364 g/mol. The van der Waals surface area contributed by atoms with E-state index in [1.807, 2.05) is 30.6 Å². The van der Waals surface area contributed by atoms with Gasteiger partial charge in [0.2, 0.25) is 0 Å². The third-order valence-corrected chi connectivity index (χ3v) is 4.28. The van der Waals surface area contributed by atoms with E-state index in [-0.39, 0.29) is 0 Å². The highest BCUT2D eigenvalue weighted by Gasteiger charge is 2.04. The van der Waals surface area contributed by atoms with Crippen molar-refractivity contribution in [3.63, 3.8) is 0 Å². The molecule has 27 heavy (non-hydrogen) atoms. The molecule has 3 rings (SSSR count). The van der Waals surface area contributed by atoms with E-state index >= 15 is 0 Å². The van der Waals surface area contributed by atoms with E-state index in [0.29, 0.717) is 6.54 Å². The van der Waals surface area contributed by atoms with E-state index < -0.39 is 0 Å². The molecule has 0 amide bonds. The average Bonchev–Trinajstić information content (AvgIpc) is 3.35. The summed E-state index contributed by atoms with van der Waals surface area (Å²) in [5, 5.41) is 6.68. The van der Waals surface area contributed by atoms with Crippen molar-refractivity contribution < 1.29 is 0 Å². The average molecular weight is 364 g/mol. The van der Waals surface area contributed by atoms with Crippen LogP contribution in [0.5, 0.6) is 0 Å². The van der Waals surface area contributed by atoms with Crippen LogP contribution < -0.4 is 10.6 Å². The summed E-state index contributed by atoms with van der Waals surface area (Å²) in [7, 11) is 0. The van der Waals surface area contributed by atoms with Gasteiger partial charge in [-0.25, -0.2) is 4.98 Å². The number of hydrogen-bond acceptors (Lipinski definition) is 2. The number of nitrogens with one attached hydrogen (secondary N) is 2. The summed E-state index contributed by atoms with van der Waals surface area (Å²) in [6.45, 7) is 6.22. The van der Waals surface area contributed by atoms with E-state index in [2.05, 4.69) is 73.3 Å². The molecule has 2 aromatic heterocycles. The molecule has 0 spiro atoms. The lowest BCUT2D eigenvalue weighted by molar-refractivity contribution is 0.664. The van der Waals surface area contributed by atoms with Crippen LogP contribution in [0.1, 0.15) is 18.3 Å². The predicted octanol–water partition coefficient (Wildman–Crippen LogP) is 2.53. The van der Waals surface area contributed by atoms with Crippen LogP contribution in [-0.4, -0.2) is 39.7 Å². The van der Waals surface area contributed by atoms with Crippen LogP contribution in [0.2, 0.25) is 0 Å². The van der Waals surface area contributed by atoms with Crippen molar-refractivity contribution in [2.45, 2.75) is 26.4 Å². The maximum atomic E-state index is 4.69. The first kappa shape index (κ1) is 18.8. The molecule has 0 aliphatic heterocycles. The molecule has 0 aliphatic rings. The van der Waals surface area contributed by atoms with Gasteiger partial charge in [-0.15, -0.1) is 0 Å². The van der Waals surface area contributed by atoms with E-state index in [4.69, 9.17) is 0 Å². The fourth-order valence-electron chi connectivity index (χ4n) is 2.92. The summed E-state index contributed by atoms with van der Waals surface area (Å²) in [5.41, 5.74) is 1.28. The third kappa shape index (κ3) is 6.02. The summed E-state index contributed by atoms with van der Waals surface area (Å²) in [4.78, 5) is 9.19. The van der Waals surface area contributed by atoms with Crippen LogP contribution in [-0.2, 0) is 19.5 Å². The Balaban J connectivity index is 1.50. The van der Waals surface area contributed by atoms with Gasteiger partial charge in [0.1, 0.15) is 5.82 Å². The van der Waals surface area contributed by atoms with Crippen molar-refractivity contribution in [1.29, 1.82) is 0 Å². The predicted molar refractivity (Wildman–Crippen MR) is 110 cm³/mol. The minimum absolute atomic E-state index is 0.699. The highest BCUT2D eigenvalue weighted by atomic mass is 15.2. The Hall–Kier alpha value is -3.02. The quantitative estimate of drug-likeness (QED) is 0.453. The van der Waals surface area contributed by atoms with Gasteiger partial charge in [-0.3, -0.25) is 4.99 Å². The minimum Gasteiger partial charge on any atom is -0.357 e. The van der Waals surface area contributed by atoms with Crippen molar-refractivity contribution in [3.05, 3.63) is 78.6 Å². The number of benzene rings is 1. The van der Waals surface area contributed by atoms with Crippen molar-refractivity contribution in [2.75, 3.05) is 19.6 Å². The molecule has 0 unspecified atom stereocenters. The van der Waals surface area contributed by atoms with Crippen molar-refractivity contribution in [3.8, 4) is 0 Å². The molecule has 0 saturated heterocycles. The van der Waals surface area contributed by atoms with E-state index in [9.17, 15) is 0 Å². The fourth-order valence-corrected chi connectivity index (χ4v) is 2.92. The second kappa shape index (κ2) is 10.2. The van der Waals surface area contributed by atoms with Crippen LogP contribution in [0.4, 0.5) is 0 Å². The molecule has 0 bridgehead atoms. The Morgan fingerprint density at radius 3 is 2.63 bits per heavy atom. The number of aliphatic imine (C=N–C) groups is 1. The first-order valence-corrected chi connectivity index (χ1v) is 9.52. The van der Waals surface area contributed by atoms with Gasteiger partial charge < -0.3 is 19.8 Å². The molecular weight excluding hydrogens is 336 g/mol. The molecule has 6 nitrogen and oxygen atoms in total. The van der Waals surface area contributed by atoms with Gasteiger partial charge in [-0.2, -0.15) is 0 Å². The lowest BCUT2D eigenvalue weighted by Crippen LogP contribution is -2.39. The molecule has 1 aromatic carbocycles. The van der Waals surface area contributed by atoms with Crippen LogP contribution >= 0.6 is 0 Å². The van der Waals surface area contributed by atoms with E-state index in [1.165, 1.54) is 5.56 Å². The van der Waals surface area contributed by atoms with E-state index in [0.717, 1.165) is 44.4 Å². The standard InChI is InChI=1S/C21H28N6/c1-2-22-21(25-12-16-26-14-6-7-15-26)24-11-10-20-23-13-17-27(20)18-19-8-4-3-5-9-19/h3-9,13-15,17H,2,10-12,16,18H2,1H3,(H2,22,24,25). The smallest absolute Gasteiger partial charge is 0.191 e. The van der Waals surface area contributed by atoms with Crippen LogP contribution in [0.15, 0.2) is 72.2 Å². The van der Waals surface area contributed by atoms with Gasteiger partial charge >= 0.3 is 0 Å². The molecule has 6 heteroatoms. The first-order valence-electron chi connectivity index (χ1n) is 9.52. The first-order chi connectivity index (χ1) is 13.3. The number of aromatic nitrogens is 3. The SMILES string of the molecule is CCNC(=NCCc1nccn1Cc1ccccc1)NCCn1cccc1. The molecular formula is C21H28N6. The van der Waals surface area contributed by atoms with Crippen LogP contribution in [0.3, 0.4) is 0 Å². The summed E-state index contributed by atoms with van der Waals surface area (Å²) < 4.78 is 4.34. The van der Waals surface area contributed by atoms with Gasteiger partial charge in [0.05, 0.1) is 0 Å². The normalized spacial score (nSPS) is 11.5. The molecule has 2 heterocycles. The van der Waals surface area contributed by atoms with Gasteiger partial charge in [0.15, 0.2) is 5.96 Å². The highest BCUT2D eigenvalue weighted by Crippen LogP contribution is 2.06.